The van der Waals surface area contributed by atoms with E-state index in [9.17, 15) is 4.79 Å². The number of rotatable bonds is 4. The third-order valence-corrected chi connectivity index (χ3v) is 3.01. The smallest absolute Gasteiger partial charge is 0.224 e. The lowest BCUT2D eigenvalue weighted by molar-refractivity contribution is -0.125. The van der Waals surface area contributed by atoms with Gasteiger partial charge in [-0.3, -0.25) is 9.20 Å². The lowest BCUT2D eigenvalue weighted by Gasteiger charge is -2.14. The predicted octanol–water partition coefficient (Wildman–Crippen LogP) is 0.329. The molecular weight excluding hydrogens is 230 g/mol. The van der Waals surface area contributed by atoms with E-state index >= 15 is 0 Å². The first-order chi connectivity index (χ1) is 8.59. The predicted molar refractivity (Wildman–Crippen MR) is 67.6 cm³/mol. The number of nitrogens with one attached hydrogen (secondary N) is 1. The zero-order valence-electron chi connectivity index (χ0n) is 10.5. The molecule has 0 aliphatic rings. The van der Waals surface area contributed by atoms with Crippen LogP contribution in [-0.4, -0.2) is 26.5 Å². The monoisotopic (exact) mass is 247 g/mol. The molecular formula is C12H17N5O. The van der Waals surface area contributed by atoms with Gasteiger partial charge in [0.1, 0.15) is 0 Å². The number of carbonyl (C=O) groups excluding carboxylic acids is 1. The van der Waals surface area contributed by atoms with Crippen LogP contribution in [0.3, 0.4) is 0 Å². The second kappa shape index (κ2) is 5.14. The van der Waals surface area contributed by atoms with E-state index in [2.05, 4.69) is 15.5 Å². The molecule has 0 radical (unpaired) electrons. The number of pyridine rings is 1. The largest absolute Gasteiger partial charge is 0.349 e. The van der Waals surface area contributed by atoms with Crippen LogP contribution in [0.25, 0.3) is 5.65 Å². The highest BCUT2D eigenvalue weighted by atomic mass is 16.1. The number of fused-ring (bicyclic) bond motifs is 1. The van der Waals surface area contributed by atoms with Crippen LogP contribution in [0.1, 0.15) is 19.7 Å². The van der Waals surface area contributed by atoms with Crippen LogP contribution in [0.4, 0.5) is 0 Å². The highest BCUT2D eigenvalue weighted by Gasteiger charge is 2.17. The van der Waals surface area contributed by atoms with E-state index in [1.54, 1.807) is 0 Å². The van der Waals surface area contributed by atoms with Gasteiger partial charge in [0.05, 0.1) is 6.54 Å². The van der Waals surface area contributed by atoms with Crippen LogP contribution in [0.2, 0.25) is 0 Å². The van der Waals surface area contributed by atoms with E-state index in [-0.39, 0.29) is 17.9 Å². The van der Waals surface area contributed by atoms with Crippen LogP contribution in [0.15, 0.2) is 24.4 Å². The van der Waals surface area contributed by atoms with Crippen molar-refractivity contribution < 1.29 is 4.79 Å². The third kappa shape index (κ3) is 2.48. The topological polar surface area (TPSA) is 85.3 Å². The second-order valence-corrected chi connectivity index (χ2v) is 4.41. The molecule has 0 saturated carbocycles. The Labute approximate surface area is 105 Å². The summed E-state index contributed by atoms with van der Waals surface area (Å²) in [6, 6.07) is 5.49. The van der Waals surface area contributed by atoms with Gasteiger partial charge in [0.15, 0.2) is 11.5 Å². The Bertz CT molecular complexity index is 548. The summed E-state index contributed by atoms with van der Waals surface area (Å²) >= 11 is 0. The maximum Gasteiger partial charge on any atom is 0.224 e. The fourth-order valence-corrected chi connectivity index (χ4v) is 1.58. The van der Waals surface area contributed by atoms with E-state index in [1.165, 1.54) is 0 Å². The highest BCUT2D eigenvalue weighted by Crippen LogP contribution is 2.04. The Morgan fingerprint density at radius 1 is 1.44 bits per heavy atom. The highest BCUT2D eigenvalue weighted by molar-refractivity contribution is 5.78. The standard InChI is InChI=1S/C12H17N5O/c1-8(9(2)13)12(18)14-7-11-16-15-10-5-3-4-6-17(10)11/h3-6,8-9H,7,13H2,1-2H3,(H,14,18). The summed E-state index contributed by atoms with van der Waals surface area (Å²) in [6.07, 6.45) is 1.87. The maximum absolute atomic E-state index is 11.8. The first-order valence-corrected chi connectivity index (χ1v) is 5.91. The molecule has 2 heterocycles. The molecule has 96 valence electrons. The zero-order chi connectivity index (χ0) is 13.1. The minimum Gasteiger partial charge on any atom is -0.349 e. The Kier molecular flexibility index (Phi) is 3.57. The van der Waals surface area contributed by atoms with Gasteiger partial charge in [-0.2, -0.15) is 0 Å². The van der Waals surface area contributed by atoms with Crippen LogP contribution in [0.5, 0.6) is 0 Å². The van der Waals surface area contributed by atoms with Gasteiger partial charge in [-0.1, -0.05) is 13.0 Å². The molecule has 0 bridgehead atoms. The van der Waals surface area contributed by atoms with Gasteiger partial charge >= 0.3 is 0 Å². The fourth-order valence-electron chi connectivity index (χ4n) is 1.58. The number of hydrogen-bond acceptors (Lipinski definition) is 4. The number of amides is 1. The maximum atomic E-state index is 11.8. The average Bonchev–Trinajstić information content (AvgIpc) is 2.78. The van der Waals surface area contributed by atoms with Crippen LogP contribution >= 0.6 is 0 Å². The lowest BCUT2D eigenvalue weighted by Crippen LogP contribution is -2.38. The number of nitrogens with two attached hydrogens (primary N) is 1. The van der Waals surface area contributed by atoms with Crippen molar-refractivity contribution in [1.82, 2.24) is 19.9 Å². The molecule has 0 fully saturated rings. The minimum absolute atomic E-state index is 0.0716. The zero-order valence-corrected chi connectivity index (χ0v) is 10.5. The average molecular weight is 247 g/mol. The van der Waals surface area contributed by atoms with Crippen molar-refractivity contribution in [2.45, 2.75) is 26.4 Å². The van der Waals surface area contributed by atoms with E-state index in [0.29, 0.717) is 12.4 Å². The normalized spacial score (nSPS) is 14.4. The van der Waals surface area contributed by atoms with Gasteiger partial charge < -0.3 is 11.1 Å². The first kappa shape index (κ1) is 12.5. The summed E-state index contributed by atoms with van der Waals surface area (Å²) in [5, 5.41) is 10.9. The molecule has 0 aromatic carbocycles. The van der Waals surface area contributed by atoms with Gasteiger partial charge in [0.2, 0.25) is 5.91 Å². The number of nitrogens with zero attached hydrogens (tertiary/aromatic N) is 3. The summed E-state index contributed by atoms with van der Waals surface area (Å²) in [5.41, 5.74) is 6.45. The molecule has 6 nitrogen and oxygen atoms in total. The van der Waals surface area contributed by atoms with E-state index in [0.717, 1.165) is 5.65 Å². The van der Waals surface area contributed by atoms with E-state index in [4.69, 9.17) is 5.73 Å². The Morgan fingerprint density at radius 3 is 2.94 bits per heavy atom. The number of aromatic nitrogens is 3. The van der Waals surface area contributed by atoms with Crippen LogP contribution in [0, 0.1) is 5.92 Å². The summed E-state index contributed by atoms with van der Waals surface area (Å²) in [5.74, 6) is 0.415. The summed E-state index contributed by atoms with van der Waals surface area (Å²) in [6.45, 7) is 3.97. The number of carbonyl (C=O) groups is 1. The van der Waals surface area contributed by atoms with Crippen molar-refractivity contribution in [2.75, 3.05) is 0 Å². The minimum atomic E-state index is -0.218. The van der Waals surface area contributed by atoms with Crippen LogP contribution < -0.4 is 11.1 Å². The van der Waals surface area contributed by atoms with Crippen molar-refractivity contribution in [1.29, 1.82) is 0 Å². The van der Waals surface area contributed by atoms with Crippen molar-refractivity contribution in [3.05, 3.63) is 30.2 Å². The Balaban J connectivity index is 2.04. The first-order valence-electron chi connectivity index (χ1n) is 5.91. The Hall–Kier alpha value is -1.95. The lowest BCUT2D eigenvalue weighted by atomic mass is 10.0. The molecule has 2 aromatic rings. The van der Waals surface area contributed by atoms with Crippen molar-refractivity contribution in [2.24, 2.45) is 11.7 Å². The Morgan fingerprint density at radius 2 is 2.22 bits per heavy atom. The van der Waals surface area contributed by atoms with E-state index in [1.807, 2.05) is 42.6 Å². The molecule has 0 aliphatic carbocycles. The number of hydrogen-bond donors (Lipinski definition) is 2. The quantitative estimate of drug-likeness (QED) is 0.815. The van der Waals surface area contributed by atoms with E-state index < -0.39 is 0 Å². The molecule has 2 aromatic heterocycles. The second-order valence-electron chi connectivity index (χ2n) is 4.41. The van der Waals surface area contributed by atoms with Crippen molar-refractivity contribution in [3.63, 3.8) is 0 Å². The van der Waals surface area contributed by atoms with Crippen molar-refractivity contribution >= 4 is 11.6 Å². The van der Waals surface area contributed by atoms with Gasteiger partial charge in [0.25, 0.3) is 0 Å². The van der Waals surface area contributed by atoms with Gasteiger partial charge in [0, 0.05) is 18.2 Å². The molecule has 0 spiro atoms. The third-order valence-electron chi connectivity index (χ3n) is 3.01. The molecule has 3 N–H and O–H groups in total. The summed E-state index contributed by atoms with van der Waals surface area (Å²) in [7, 11) is 0. The molecule has 2 atom stereocenters. The fraction of sp³-hybridized carbons (Fsp3) is 0.417. The van der Waals surface area contributed by atoms with Crippen LogP contribution in [-0.2, 0) is 11.3 Å². The molecule has 1 amide bonds. The summed E-state index contributed by atoms with van der Waals surface area (Å²) < 4.78 is 1.84. The van der Waals surface area contributed by atoms with Gasteiger partial charge in [-0.25, -0.2) is 0 Å². The molecule has 2 rings (SSSR count). The van der Waals surface area contributed by atoms with Gasteiger partial charge in [-0.15, -0.1) is 10.2 Å². The van der Waals surface area contributed by atoms with Crippen molar-refractivity contribution in [3.8, 4) is 0 Å². The molecule has 6 heteroatoms. The van der Waals surface area contributed by atoms with Gasteiger partial charge in [-0.05, 0) is 19.1 Å². The molecule has 2 unspecified atom stereocenters. The SMILES string of the molecule is CC(N)C(C)C(=O)NCc1nnc2ccccn12. The molecule has 0 aliphatic heterocycles. The summed E-state index contributed by atoms with van der Waals surface area (Å²) in [4.78, 5) is 11.8. The molecule has 0 saturated heterocycles. The molecule has 18 heavy (non-hydrogen) atoms.